The third kappa shape index (κ3) is 3.42. The van der Waals surface area contributed by atoms with Crippen LogP contribution >= 0.6 is 23.1 Å². The highest BCUT2D eigenvalue weighted by molar-refractivity contribution is 7.09. The maximum absolute atomic E-state index is 6.21. The summed E-state index contributed by atoms with van der Waals surface area (Å²) in [7, 11) is 1.94. The summed E-state index contributed by atoms with van der Waals surface area (Å²) in [4.78, 5) is 9.39. The number of aryl methyl sites for hydroxylation is 2. The van der Waals surface area contributed by atoms with Crippen LogP contribution in [0.2, 0.25) is 5.02 Å². The Bertz CT molecular complexity index is 605. The van der Waals surface area contributed by atoms with Gasteiger partial charge in [-0.25, -0.2) is 4.98 Å². The molecular formula is C14H21ClN6S. The van der Waals surface area contributed by atoms with Crippen LogP contribution in [0.1, 0.15) is 24.9 Å². The zero-order valence-electron chi connectivity index (χ0n) is 13.0. The van der Waals surface area contributed by atoms with Crippen LogP contribution in [0, 0.1) is 0 Å². The molecule has 0 atom stereocenters. The number of rotatable bonds is 4. The quantitative estimate of drug-likeness (QED) is 0.854. The molecular weight excluding hydrogens is 320 g/mol. The molecule has 0 unspecified atom stereocenters. The van der Waals surface area contributed by atoms with Crippen molar-refractivity contribution in [1.82, 2.24) is 24.0 Å². The van der Waals surface area contributed by atoms with Gasteiger partial charge in [-0.05, 0) is 6.42 Å². The zero-order valence-corrected chi connectivity index (χ0v) is 14.6. The maximum atomic E-state index is 6.21. The van der Waals surface area contributed by atoms with Gasteiger partial charge < -0.3 is 4.90 Å². The van der Waals surface area contributed by atoms with E-state index < -0.39 is 0 Å². The third-order valence-corrected chi connectivity index (χ3v) is 5.15. The summed E-state index contributed by atoms with van der Waals surface area (Å²) in [5.41, 5.74) is 1.08. The largest absolute Gasteiger partial charge is 0.346 e. The minimum Gasteiger partial charge on any atom is -0.346 e. The van der Waals surface area contributed by atoms with E-state index in [4.69, 9.17) is 11.6 Å². The first-order chi connectivity index (χ1) is 10.7. The van der Waals surface area contributed by atoms with Gasteiger partial charge >= 0.3 is 0 Å². The summed E-state index contributed by atoms with van der Waals surface area (Å²) in [5, 5.41) is 6.01. The lowest BCUT2D eigenvalue weighted by Crippen LogP contribution is -2.31. The number of nitrogens with zero attached hydrogens (tertiary/aromatic N) is 6. The smallest absolute Gasteiger partial charge is 0.205 e. The molecule has 0 aromatic carbocycles. The van der Waals surface area contributed by atoms with Gasteiger partial charge in [0.1, 0.15) is 5.82 Å². The molecule has 1 aliphatic heterocycles. The number of hydrogen-bond acceptors (Lipinski definition) is 6. The van der Waals surface area contributed by atoms with Gasteiger partial charge in [-0.15, -0.1) is 0 Å². The van der Waals surface area contributed by atoms with Crippen LogP contribution in [0.15, 0.2) is 6.20 Å². The van der Waals surface area contributed by atoms with Crippen LogP contribution in [-0.4, -0.2) is 50.2 Å². The Labute approximate surface area is 139 Å². The van der Waals surface area contributed by atoms with E-state index in [1.807, 2.05) is 11.7 Å². The number of halogens is 1. The highest BCUT2D eigenvalue weighted by Gasteiger charge is 2.19. The first-order valence-corrected chi connectivity index (χ1v) is 8.78. The first-order valence-electron chi connectivity index (χ1n) is 7.63. The van der Waals surface area contributed by atoms with Gasteiger partial charge in [0, 0.05) is 57.7 Å². The fourth-order valence-corrected chi connectivity index (χ4v) is 3.69. The zero-order chi connectivity index (χ0) is 15.5. The average molecular weight is 341 g/mol. The van der Waals surface area contributed by atoms with Gasteiger partial charge in [0.2, 0.25) is 5.13 Å². The predicted octanol–water partition coefficient (Wildman–Crippen LogP) is 2.20. The van der Waals surface area contributed by atoms with Crippen molar-refractivity contribution in [1.29, 1.82) is 0 Å². The van der Waals surface area contributed by atoms with E-state index in [0.717, 1.165) is 67.2 Å². The summed E-state index contributed by atoms with van der Waals surface area (Å²) >= 11 is 7.72. The molecule has 6 nitrogen and oxygen atoms in total. The van der Waals surface area contributed by atoms with Crippen molar-refractivity contribution in [2.45, 2.75) is 26.3 Å². The maximum Gasteiger partial charge on any atom is 0.205 e. The van der Waals surface area contributed by atoms with Gasteiger partial charge in [-0.1, -0.05) is 18.5 Å². The lowest BCUT2D eigenvalue weighted by molar-refractivity contribution is 0.277. The minimum absolute atomic E-state index is 0.750. The van der Waals surface area contributed by atoms with Crippen molar-refractivity contribution in [3.8, 4) is 0 Å². The second-order valence-corrected chi connectivity index (χ2v) is 6.66. The van der Waals surface area contributed by atoms with Gasteiger partial charge in [0.25, 0.3) is 0 Å². The summed E-state index contributed by atoms with van der Waals surface area (Å²) in [5.74, 6) is 0.947. The molecule has 3 heterocycles. The topological polar surface area (TPSA) is 50.1 Å². The first kappa shape index (κ1) is 15.7. The lowest BCUT2D eigenvalue weighted by atomic mass is 10.3. The second-order valence-electron chi connectivity index (χ2n) is 5.53. The Hall–Kier alpha value is -1.18. The van der Waals surface area contributed by atoms with Gasteiger partial charge in [0.05, 0.1) is 16.9 Å². The Balaban J connectivity index is 1.62. The van der Waals surface area contributed by atoms with Gasteiger partial charge in [-0.2, -0.15) is 9.47 Å². The van der Waals surface area contributed by atoms with Crippen molar-refractivity contribution in [2.75, 3.05) is 31.1 Å². The van der Waals surface area contributed by atoms with Crippen molar-refractivity contribution in [2.24, 2.45) is 7.05 Å². The summed E-state index contributed by atoms with van der Waals surface area (Å²) in [6.45, 7) is 7.02. The number of anilines is 1. The van der Waals surface area contributed by atoms with Crippen molar-refractivity contribution >= 4 is 28.3 Å². The van der Waals surface area contributed by atoms with Gasteiger partial charge in [0.15, 0.2) is 0 Å². The van der Waals surface area contributed by atoms with Crippen LogP contribution < -0.4 is 4.90 Å². The molecule has 0 radical (unpaired) electrons. The van der Waals surface area contributed by atoms with E-state index >= 15 is 0 Å². The number of aromatic nitrogens is 4. The molecule has 0 N–H and O–H groups in total. The molecule has 2 aromatic heterocycles. The summed E-state index contributed by atoms with van der Waals surface area (Å²) < 4.78 is 6.25. The Morgan fingerprint density at radius 3 is 2.82 bits per heavy atom. The fraction of sp³-hybridized carbons (Fsp3) is 0.643. The molecule has 8 heteroatoms. The normalized spacial score (nSPS) is 17.0. The second kappa shape index (κ2) is 6.93. The fourth-order valence-electron chi connectivity index (χ4n) is 2.66. The monoisotopic (exact) mass is 340 g/mol. The molecule has 1 fully saturated rings. The summed E-state index contributed by atoms with van der Waals surface area (Å²) in [6, 6.07) is 0. The molecule has 0 amide bonds. The van der Waals surface area contributed by atoms with Crippen LogP contribution in [0.25, 0.3) is 0 Å². The molecule has 3 rings (SSSR count). The molecule has 1 aliphatic rings. The van der Waals surface area contributed by atoms with Crippen molar-refractivity contribution in [3.63, 3.8) is 0 Å². The Morgan fingerprint density at radius 1 is 1.27 bits per heavy atom. The van der Waals surface area contributed by atoms with E-state index in [1.54, 1.807) is 6.20 Å². The molecule has 0 bridgehead atoms. The van der Waals surface area contributed by atoms with Crippen LogP contribution in [-0.2, 0) is 20.0 Å². The Kier molecular flexibility index (Phi) is 4.95. The molecule has 22 heavy (non-hydrogen) atoms. The third-order valence-electron chi connectivity index (χ3n) is 4.02. The SMILES string of the molecule is CCc1nsc(N2CCCN(Cc3c(Cl)cnn3C)CC2)n1. The van der Waals surface area contributed by atoms with Crippen LogP contribution in [0.3, 0.4) is 0 Å². The standard InChI is InChI=1S/C14H21ClN6S/c1-3-13-17-14(22-18-13)21-6-4-5-20(7-8-21)10-12-11(15)9-16-19(12)2/h9H,3-8,10H2,1-2H3. The van der Waals surface area contributed by atoms with E-state index in [2.05, 4.69) is 31.2 Å². The van der Waals surface area contributed by atoms with E-state index in [9.17, 15) is 0 Å². The van der Waals surface area contributed by atoms with Crippen molar-refractivity contribution in [3.05, 3.63) is 22.7 Å². The highest BCUT2D eigenvalue weighted by Crippen LogP contribution is 2.21. The van der Waals surface area contributed by atoms with E-state index in [0.29, 0.717) is 0 Å². The van der Waals surface area contributed by atoms with E-state index in [1.165, 1.54) is 11.5 Å². The lowest BCUT2D eigenvalue weighted by Gasteiger charge is -2.21. The van der Waals surface area contributed by atoms with Crippen LogP contribution in [0.5, 0.6) is 0 Å². The average Bonchev–Trinajstić information content (AvgIpc) is 3.03. The highest BCUT2D eigenvalue weighted by atomic mass is 35.5. The summed E-state index contributed by atoms with van der Waals surface area (Å²) in [6.07, 6.45) is 3.74. The predicted molar refractivity (Wildman–Crippen MR) is 89.6 cm³/mol. The molecule has 120 valence electrons. The molecule has 0 spiro atoms. The number of hydrogen-bond donors (Lipinski definition) is 0. The molecule has 0 saturated carbocycles. The molecule has 0 aliphatic carbocycles. The molecule has 1 saturated heterocycles. The van der Waals surface area contributed by atoms with Crippen LogP contribution in [0.4, 0.5) is 5.13 Å². The van der Waals surface area contributed by atoms with E-state index in [-0.39, 0.29) is 0 Å². The van der Waals surface area contributed by atoms with Gasteiger partial charge in [-0.3, -0.25) is 9.58 Å². The Morgan fingerprint density at radius 2 is 2.14 bits per heavy atom. The molecule has 2 aromatic rings. The minimum atomic E-state index is 0.750. The van der Waals surface area contributed by atoms with Crippen molar-refractivity contribution < 1.29 is 0 Å².